The average Bonchev–Trinajstić information content (AvgIpc) is 2.88. The van der Waals surface area contributed by atoms with Gasteiger partial charge in [0.1, 0.15) is 5.75 Å². The van der Waals surface area contributed by atoms with Gasteiger partial charge in [0.05, 0.1) is 7.11 Å². The molecule has 1 heterocycles. The van der Waals surface area contributed by atoms with Crippen LogP contribution in [-0.4, -0.2) is 26.2 Å². The summed E-state index contributed by atoms with van der Waals surface area (Å²) < 4.78 is 5.24. The molecule has 114 valence electrons. The van der Waals surface area contributed by atoms with Crippen molar-refractivity contribution in [3.8, 4) is 5.75 Å². The zero-order valence-corrected chi connectivity index (χ0v) is 13.2. The van der Waals surface area contributed by atoms with E-state index in [1.165, 1.54) is 11.1 Å². The minimum atomic E-state index is 0.0123. The molecular weight excluding hydrogens is 276 g/mol. The molecule has 2 aromatic carbocycles. The number of amides is 2. The van der Waals surface area contributed by atoms with E-state index in [0.717, 1.165) is 17.1 Å². The summed E-state index contributed by atoms with van der Waals surface area (Å²) >= 11 is 0. The van der Waals surface area contributed by atoms with Gasteiger partial charge in [-0.2, -0.15) is 0 Å². The lowest BCUT2D eigenvalue weighted by atomic mass is 10.1. The minimum Gasteiger partial charge on any atom is -0.497 e. The van der Waals surface area contributed by atoms with Crippen molar-refractivity contribution in [1.82, 2.24) is 0 Å². The highest BCUT2D eigenvalue weighted by molar-refractivity contribution is 6.06. The third-order valence-corrected chi connectivity index (χ3v) is 3.89. The minimum absolute atomic E-state index is 0.0123. The first kappa shape index (κ1) is 14.4. The van der Waals surface area contributed by atoms with Crippen LogP contribution < -0.4 is 14.5 Å². The van der Waals surface area contributed by atoms with Gasteiger partial charge in [-0.1, -0.05) is 12.1 Å². The topological polar surface area (TPSA) is 32.8 Å². The number of ether oxygens (including phenoxy) is 1. The molecular formula is C18H20N2O2. The number of carbonyl (C=O) groups is 1. The van der Waals surface area contributed by atoms with Crippen LogP contribution in [0.2, 0.25) is 0 Å². The molecule has 0 N–H and O–H groups in total. The number of methoxy groups -OCH3 is 1. The molecule has 0 atom stereocenters. The largest absolute Gasteiger partial charge is 0.497 e. The van der Waals surface area contributed by atoms with Gasteiger partial charge in [0, 0.05) is 30.5 Å². The van der Waals surface area contributed by atoms with E-state index < -0.39 is 0 Å². The maximum atomic E-state index is 12.7. The Hall–Kier alpha value is -2.49. The lowest BCUT2D eigenvalue weighted by Gasteiger charge is -2.20. The van der Waals surface area contributed by atoms with Crippen molar-refractivity contribution in [2.45, 2.75) is 13.8 Å². The summed E-state index contributed by atoms with van der Waals surface area (Å²) in [5, 5.41) is 0. The molecule has 4 nitrogen and oxygen atoms in total. The molecule has 2 aromatic rings. The SMILES string of the molecule is COc1cccc(N2CCN(c3cc(C)cc(C)c3)C2=O)c1. The second kappa shape index (κ2) is 5.72. The van der Waals surface area contributed by atoms with Crippen LogP contribution in [0.5, 0.6) is 5.75 Å². The van der Waals surface area contributed by atoms with Crippen LogP contribution in [0.25, 0.3) is 0 Å². The van der Waals surface area contributed by atoms with E-state index in [4.69, 9.17) is 4.74 Å². The van der Waals surface area contributed by atoms with Gasteiger partial charge in [0.15, 0.2) is 0 Å². The van der Waals surface area contributed by atoms with Gasteiger partial charge in [-0.25, -0.2) is 4.79 Å². The molecule has 0 aliphatic carbocycles. The van der Waals surface area contributed by atoms with Gasteiger partial charge < -0.3 is 4.74 Å². The third-order valence-electron chi connectivity index (χ3n) is 3.89. The Labute approximate surface area is 130 Å². The molecule has 4 heteroatoms. The second-order valence-electron chi connectivity index (χ2n) is 5.63. The molecule has 1 aliphatic rings. The van der Waals surface area contributed by atoms with Crippen LogP contribution >= 0.6 is 0 Å². The predicted octanol–water partition coefficient (Wildman–Crippen LogP) is 3.76. The number of hydrogen-bond acceptors (Lipinski definition) is 2. The average molecular weight is 296 g/mol. The fourth-order valence-corrected chi connectivity index (χ4v) is 2.90. The monoisotopic (exact) mass is 296 g/mol. The van der Waals surface area contributed by atoms with E-state index >= 15 is 0 Å². The first-order chi connectivity index (χ1) is 10.6. The summed E-state index contributed by atoms with van der Waals surface area (Å²) in [6.07, 6.45) is 0. The molecule has 0 aromatic heterocycles. The summed E-state index contributed by atoms with van der Waals surface area (Å²) in [6.45, 7) is 5.48. The van der Waals surface area contributed by atoms with Crippen LogP contribution in [0.4, 0.5) is 16.2 Å². The fourth-order valence-electron chi connectivity index (χ4n) is 2.90. The van der Waals surface area contributed by atoms with Crippen molar-refractivity contribution < 1.29 is 9.53 Å². The standard InChI is InChI=1S/C18H20N2O2/c1-13-9-14(2)11-16(10-13)20-8-7-19(18(20)21)15-5-4-6-17(12-15)22-3/h4-6,9-12H,7-8H2,1-3H3. The molecule has 0 saturated carbocycles. The summed E-state index contributed by atoms with van der Waals surface area (Å²) in [7, 11) is 1.63. The highest BCUT2D eigenvalue weighted by Gasteiger charge is 2.30. The Kier molecular flexibility index (Phi) is 3.75. The Morgan fingerprint density at radius 1 is 0.909 bits per heavy atom. The molecule has 2 amide bonds. The van der Waals surface area contributed by atoms with Crippen LogP contribution in [-0.2, 0) is 0 Å². The van der Waals surface area contributed by atoms with Gasteiger partial charge in [0.2, 0.25) is 0 Å². The summed E-state index contributed by atoms with van der Waals surface area (Å²) in [6, 6.07) is 13.9. The zero-order valence-electron chi connectivity index (χ0n) is 13.2. The van der Waals surface area contributed by atoms with E-state index in [1.807, 2.05) is 29.2 Å². The van der Waals surface area contributed by atoms with Crippen LogP contribution in [0.1, 0.15) is 11.1 Å². The number of carbonyl (C=O) groups excluding carboxylic acids is 1. The second-order valence-corrected chi connectivity index (χ2v) is 5.63. The normalized spacial score (nSPS) is 14.6. The highest BCUT2D eigenvalue weighted by Crippen LogP contribution is 2.28. The number of rotatable bonds is 3. The van der Waals surface area contributed by atoms with Crippen molar-refractivity contribution in [2.24, 2.45) is 0 Å². The molecule has 0 spiro atoms. The Morgan fingerprint density at radius 3 is 2.18 bits per heavy atom. The van der Waals surface area contributed by atoms with Crippen LogP contribution in [0.3, 0.4) is 0 Å². The molecule has 1 fully saturated rings. The van der Waals surface area contributed by atoms with E-state index in [9.17, 15) is 4.79 Å². The number of anilines is 2. The molecule has 1 saturated heterocycles. The van der Waals surface area contributed by atoms with Crippen LogP contribution in [0, 0.1) is 13.8 Å². The molecule has 22 heavy (non-hydrogen) atoms. The number of nitrogens with zero attached hydrogens (tertiary/aromatic N) is 2. The van der Waals surface area contributed by atoms with Crippen molar-refractivity contribution in [3.05, 3.63) is 53.6 Å². The molecule has 0 unspecified atom stereocenters. The lowest BCUT2D eigenvalue weighted by molar-refractivity contribution is 0.256. The zero-order chi connectivity index (χ0) is 15.7. The number of hydrogen-bond donors (Lipinski definition) is 0. The number of urea groups is 1. The molecule has 3 rings (SSSR count). The van der Waals surface area contributed by atoms with E-state index in [0.29, 0.717) is 13.1 Å². The fraction of sp³-hybridized carbons (Fsp3) is 0.278. The molecule has 0 radical (unpaired) electrons. The quantitative estimate of drug-likeness (QED) is 0.864. The molecule has 1 aliphatic heterocycles. The first-order valence-corrected chi connectivity index (χ1v) is 7.40. The first-order valence-electron chi connectivity index (χ1n) is 7.40. The molecule has 0 bridgehead atoms. The summed E-state index contributed by atoms with van der Waals surface area (Å²) in [4.78, 5) is 16.4. The third kappa shape index (κ3) is 2.64. The summed E-state index contributed by atoms with van der Waals surface area (Å²) in [5.74, 6) is 0.759. The van der Waals surface area contributed by atoms with Crippen molar-refractivity contribution in [2.75, 3.05) is 30.0 Å². The van der Waals surface area contributed by atoms with Crippen molar-refractivity contribution >= 4 is 17.4 Å². The lowest BCUT2D eigenvalue weighted by Crippen LogP contribution is -2.31. The van der Waals surface area contributed by atoms with Gasteiger partial charge >= 0.3 is 6.03 Å². The van der Waals surface area contributed by atoms with E-state index in [-0.39, 0.29) is 6.03 Å². The maximum Gasteiger partial charge on any atom is 0.329 e. The van der Waals surface area contributed by atoms with Crippen molar-refractivity contribution in [3.63, 3.8) is 0 Å². The van der Waals surface area contributed by atoms with Gasteiger partial charge in [-0.05, 0) is 49.2 Å². The smallest absolute Gasteiger partial charge is 0.329 e. The van der Waals surface area contributed by atoms with E-state index in [1.54, 1.807) is 12.0 Å². The Bertz CT molecular complexity index is 692. The predicted molar refractivity (Wildman–Crippen MR) is 89.0 cm³/mol. The highest BCUT2D eigenvalue weighted by atomic mass is 16.5. The Balaban J connectivity index is 1.88. The van der Waals surface area contributed by atoms with Gasteiger partial charge in [-0.3, -0.25) is 9.80 Å². The Morgan fingerprint density at radius 2 is 1.55 bits per heavy atom. The van der Waals surface area contributed by atoms with Crippen molar-refractivity contribution in [1.29, 1.82) is 0 Å². The summed E-state index contributed by atoms with van der Waals surface area (Å²) in [5.41, 5.74) is 4.18. The number of aryl methyl sites for hydroxylation is 2. The number of benzene rings is 2. The van der Waals surface area contributed by atoms with Gasteiger partial charge in [0.25, 0.3) is 0 Å². The van der Waals surface area contributed by atoms with Gasteiger partial charge in [-0.15, -0.1) is 0 Å². The van der Waals surface area contributed by atoms with E-state index in [2.05, 4.69) is 32.0 Å². The maximum absolute atomic E-state index is 12.7. The van der Waals surface area contributed by atoms with Crippen LogP contribution in [0.15, 0.2) is 42.5 Å².